The van der Waals surface area contributed by atoms with E-state index in [9.17, 15) is 0 Å². The molecule has 0 fully saturated rings. The molecule has 0 saturated heterocycles. The molecule has 69 heavy (non-hydrogen) atoms. The van der Waals surface area contributed by atoms with Crippen LogP contribution in [0.15, 0.2) is 248 Å². The fourth-order valence-corrected chi connectivity index (χ4v) is 10.6. The predicted molar refractivity (Wildman–Crippen MR) is 296 cm³/mol. The minimum absolute atomic E-state index is 0.909. The predicted octanol–water partition coefficient (Wildman–Crippen LogP) is 18.3. The van der Waals surface area contributed by atoms with Gasteiger partial charge in [0.05, 0.1) is 0 Å². The zero-order valence-electron chi connectivity index (χ0n) is 38.5. The van der Waals surface area contributed by atoms with E-state index in [0.29, 0.717) is 0 Å². The summed E-state index contributed by atoms with van der Waals surface area (Å²) >= 11 is 0. The first-order chi connectivity index (χ1) is 34.1. The lowest BCUT2D eigenvalue weighted by molar-refractivity contribution is 0.997. The van der Waals surface area contributed by atoms with Crippen LogP contribution in [0, 0.1) is 12.3 Å². The highest BCUT2D eigenvalue weighted by atomic mass is 15.2. The molecule has 11 aromatic carbocycles. The molecule has 0 spiro atoms. The third-order valence-corrected chi connectivity index (χ3v) is 13.9. The van der Waals surface area contributed by atoms with Crippen LogP contribution in [0.2, 0.25) is 0 Å². The van der Waals surface area contributed by atoms with Crippen LogP contribution < -0.4 is 9.80 Å². The topological polar surface area (TPSA) is 6.48 Å². The number of para-hydroxylation sites is 1. The zero-order valence-corrected chi connectivity index (χ0v) is 38.5. The van der Waals surface area contributed by atoms with E-state index in [2.05, 4.69) is 265 Å². The first kappa shape index (κ1) is 41.5. The van der Waals surface area contributed by atoms with Gasteiger partial charge in [-0.15, -0.1) is 6.42 Å². The van der Waals surface area contributed by atoms with E-state index in [0.717, 1.165) is 68.8 Å². The Morgan fingerprint density at radius 2 is 0.841 bits per heavy atom. The maximum absolute atomic E-state index is 6.30. The van der Waals surface area contributed by atoms with Gasteiger partial charge >= 0.3 is 0 Å². The van der Waals surface area contributed by atoms with E-state index >= 15 is 0 Å². The van der Waals surface area contributed by atoms with Crippen LogP contribution in [0.25, 0.3) is 82.2 Å². The average Bonchev–Trinajstić information content (AvgIpc) is 3.42. The van der Waals surface area contributed by atoms with Gasteiger partial charge in [-0.1, -0.05) is 188 Å². The Morgan fingerprint density at radius 3 is 1.38 bits per heavy atom. The van der Waals surface area contributed by atoms with Crippen molar-refractivity contribution in [2.75, 3.05) is 9.80 Å². The molecular weight excluding hydrogens is 833 g/mol. The van der Waals surface area contributed by atoms with Gasteiger partial charge < -0.3 is 9.80 Å². The minimum atomic E-state index is 0.909. The van der Waals surface area contributed by atoms with Crippen molar-refractivity contribution in [3.63, 3.8) is 0 Å². The molecule has 0 atom stereocenters. The number of fused-ring (bicyclic) bond motifs is 9. The number of rotatable bonds is 9. The second-order valence-electron chi connectivity index (χ2n) is 17.9. The van der Waals surface area contributed by atoms with Crippen molar-refractivity contribution in [1.29, 1.82) is 0 Å². The number of allylic oxidation sites excluding steroid dienone is 4. The van der Waals surface area contributed by atoms with Crippen molar-refractivity contribution >= 4 is 82.7 Å². The summed E-state index contributed by atoms with van der Waals surface area (Å²) < 4.78 is 0. The van der Waals surface area contributed by atoms with Gasteiger partial charge in [0.1, 0.15) is 0 Å². The molecule has 0 radical (unpaired) electrons. The van der Waals surface area contributed by atoms with E-state index in [1.54, 1.807) is 0 Å². The Labute approximate surface area is 404 Å². The molecular formula is C67H48N2. The second-order valence-corrected chi connectivity index (χ2v) is 17.9. The van der Waals surface area contributed by atoms with Gasteiger partial charge in [0.25, 0.3) is 0 Å². The first-order valence-corrected chi connectivity index (χ1v) is 23.9. The molecule has 2 heteroatoms. The Balaban J connectivity index is 0.844. The summed E-state index contributed by atoms with van der Waals surface area (Å²) in [5.74, 6) is 3.06. The number of hydrogen-bond donors (Lipinski definition) is 0. The van der Waals surface area contributed by atoms with Gasteiger partial charge in [-0.25, -0.2) is 0 Å². The van der Waals surface area contributed by atoms with Crippen molar-refractivity contribution in [2.24, 2.45) is 0 Å². The van der Waals surface area contributed by atoms with Gasteiger partial charge in [-0.05, 0) is 157 Å². The van der Waals surface area contributed by atoms with Crippen LogP contribution >= 0.6 is 0 Å². The summed E-state index contributed by atoms with van der Waals surface area (Å²) in [7, 11) is 0. The molecule has 0 unspecified atom stereocenters. The number of benzene rings is 11. The fourth-order valence-electron chi connectivity index (χ4n) is 10.6. The molecule has 2 nitrogen and oxygen atoms in total. The molecule has 0 saturated carbocycles. The molecule has 0 heterocycles. The maximum atomic E-state index is 6.30. The standard InChI is InChI=1S/C67H48N2/c1-3-56-57-22-10-11-23-58(57)60-25-14-16-28-63(60)66(56)44-46(2)68(51-18-6-4-7-19-51)53-38-34-49(35-39-53)47-30-32-48(33-31-47)50-36-40-54(41-37-50)69(52-20-8-5-9-21-52)55-42-43-65-62-27-13-12-24-59(62)61-26-15-17-29-64(61)67(65)45-55/h1,4,6-8,10-45H,5,9H2,2H3/b46-44+. The van der Waals surface area contributed by atoms with E-state index < -0.39 is 0 Å². The van der Waals surface area contributed by atoms with E-state index in [4.69, 9.17) is 6.42 Å². The second kappa shape index (κ2) is 17.7. The summed E-state index contributed by atoms with van der Waals surface area (Å²) in [6, 6.07) is 79.0. The number of terminal acetylenes is 1. The Bertz CT molecular complexity index is 3850. The highest BCUT2D eigenvalue weighted by Gasteiger charge is 2.19. The van der Waals surface area contributed by atoms with Crippen molar-refractivity contribution in [1.82, 2.24) is 0 Å². The highest BCUT2D eigenvalue weighted by molar-refractivity contribution is 6.25. The SMILES string of the molecule is C#Cc1c(/C=C(\C)N(c2ccccc2)c2ccc(-c3ccc(-c4ccc(N(C5=CCCC=C5)c5ccc6c7ccccc7c7ccccc7c6c5)cc4)cc3)cc2)c2ccccc2c2ccccc12. The summed E-state index contributed by atoms with van der Waals surface area (Å²) in [5, 5.41) is 12.3. The van der Waals surface area contributed by atoms with Crippen molar-refractivity contribution in [3.8, 4) is 34.6 Å². The van der Waals surface area contributed by atoms with E-state index in [1.165, 1.54) is 65.5 Å². The summed E-state index contributed by atoms with van der Waals surface area (Å²) in [6.07, 6.45) is 17.6. The van der Waals surface area contributed by atoms with E-state index in [-0.39, 0.29) is 0 Å². The highest BCUT2D eigenvalue weighted by Crippen LogP contribution is 2.42. The normalized spacial score (nSPS) is 12.7. The summed E-state index contributed by atoms with van der Waals surface area (Å²) in [6.45, 7) is 2.17. The quantitative estimate of drug-likeness (QED) is 0.105. The largest absolute Gasteiger partial charge is 0.314 e. The lowest BCUT2D eigenvalue weighted by Crippen LogP contribution is -2.16. The van der Waals surface area contributed by atoms with Crippen LogP contribution in [-0.2, 0) is 0 Å². The van der Waals surface area contributed by atoms with Gasteiger partial charge in [-0.2, -0.15) is 0 Å². The number of nitrogens with zero attached hydrogens (tertiary/aromatic N) is 2. The lowest BCUT2D eigenvalue weighted by Gasteiger charge is -2.28. The zero-order chi connectivity index (χ0) is 46.3. The Kier molecular flexibility index (Phi) is 10.7. The van der Waals surface area contributed by atoms with Crippen LogP contribution in [0.1, 0.15) is 30.9 Å². The van der Waals surface area contributed by atoms with Crippen LogP contribution in [0.4, 0.5) is 22.7 Å². The molecule has 0 amide bonds. The molecule has 0 aromatic heterocycles. The molecule has 11 aromatic rings. The van der Waals surface area contributed by atoms with Crippen LogP contribution in [0.5, 0.6) is 0 Å². The van der Waals surface area contributed by atoms with Crippen molar-refractivity contribution in [3.05, 3.63) is 259 Å². The average molecular weight is 881 g/mol. The summed E-state index contributed by atoms with van der Waals surface area (Å²) in [4.78, 5) is 4.72. The third-order valence-electron chi connectivity index (χ3n) is 13.9. The fraction of sp³-hybridized carbons (Fsp3) is 0.0448. The molecule has 0 bridgehead atoms. The molecule has 326 valence electrons. The Morgan fingerprint density at radius 1 is 0.420 bits per heavy atom. The van der Waals surface area contributed by atoms with Crippen molar-refractivity contribution in [2.45, 2.75) is 19.8 Å². The molecule has 0 N–H and O–H groups in total. The van der Waals surface area contributed by atoms with Gasteiger partial charge in [0, 0.05) is 45.3 Å². The van der Waals surface area contributed by atoms with Crippen molar-refractivity contribution < 1.29 is 0 Å². The smallest absolute Gasteiger partial charge is 0.0468 e. The number of anilines is 4. The molecule has 12 rings (SSSR count). The lowest BCUT2D eigenvalue weighted by atomic mass is 9.91. The summed E-state index contributed by atoms with van der Waals surface area (Å²) in [5.41, 5.74) is 13.3. The Hall–Kier alpha value is -8.90. The third kappa shape index (κ3) is 7.52. The maximum Gasteiger partial charge on any atom is 0.0468 e. The van der Waals surface area contributed by atoms with Gasteiger partial charge in [0.15, 0.2) is 0 Å². The van der Waals surface area contributed by atoms with Crippen LogP contribution in [-0.4, -0.2) is 0 Å². The molecule has 0 aliphatic heterocycles. The molecule has 1 aliphatic rings. The number of hydrogen-bond acceptors (Lipinski definition) is 2. The minimum Gasteiger partial charge on any atom is -0.314 e. The first-order valence-electron chi connectivity index (χ1n) is 23.9. The van der Waals surface area contributed by atoms with Gasteiger partial charge in [-0.3, -0.25) is 0 Å². The van der Waals surface area contributed by atoms with Gasteiger partial charge in [0.2, 0.25) is 0 Å². The monoisotopic (exact) mass is 880 g/mol. The molecule has 1 aliphatic carbocycles. The van der Waals surface area contributed by atoms with E-state index in [1.807, 2.05) is 0 Å². The van der Waals surface area contributed by atoms with Crippen LogP contribution in [0.3, 0.4) is 0 Å².